The predicted octanol–water partition coefficient (Wildman–Crippen LogP) is 3.65. The standard InChI is InChI=1S/C12H12S/c1-10-7-8-12(13-10)9-11-5-3-2-4-6-11/h2-8H,9H2,1H3. The summed E-state index contributed by atoms with van der Waals surface area (Å²) >= 11 is 1.88. The SMILES string of the molecule is Cc1ccc(Cc2ccccc2)s1. The van der Waals surface area contributed by atoms with Crippen molar-refractivity contribution in [1.29, 1.82) is 0 Å². The summed E-state index contributed by atoms with van der Waals surface area (Å²) < 4.78 is 0. The highest BCUT2D eigenvalue weighted by Crippen LogP contribution is 2.18. The predicted molar refractivity (Wildman–Crippen MR) is 58.3 cm³/mol. The van der Waals surface area contributed by atoms with Crippen molar-refractivity contribution in [3.8, 4) is 0 Å². The van der Waals surface area contributed by atoms with Crippen LogP contribution in [0.3, 0.4) is 0 Å². The van der Waals surface area contributed by atoms with E-state index in [9.17, 15) is 0 Å². The molecule has 0 bridgehead atoms. The van der Waals surface area contributed by atoms with Crippen LogP contribution in [0.15, 0.2) is 42.5 Å². The van der Waals surface area contributed by atoms with Gasteiger partial charge in [0.05, 0.1) is 0 Å². The average molecular weight is 188 g/mol. The fourth-order valence-electron chi connectivity index (χ4n) is 1.38. The van der Waals surface area contributed by atoms with Crippen LogP contribution < -0.4 is 0 Å². The first kappa shape index (κ1) is 8.52. The topological polar surface area (TPSA) is 0 Å². The van der Waals surface area contributed by atoms with Gasteiger partial charge in [-0.3, -0.25) is 0 Å². The van der Waals surface area contributed by atoms with Crippen molar-refractivity contribution in [3.05, 3.63) is 57.8 Å². The van der Waals surface area contributed by atoms with Gasteiger partial charge in [-0.15, -0.1) is 11.3 Å². The zero-order chi connectivity index (χ0) is 9.10. The van der Waals surface area contributed by atoms with Crippen LogP contribution >= 0.6 is 11.3 Å². The summed E-state index contributed by atoms with van der Waals surface area (Å²) in [6.45, 7) is 2.15. The molecule has 0 atom stereocenters. The van der Waals surface area contributed by atoms with Crippen molar-refractivity contribution >= 4 is 11.3 Å². The van der Waals surface area contributed by atoms with Crippen molar-refractivity contribution < 1.29 is 0 Å². The molecule has 0 aliphatic rings. The maximum absolute atomic E-state index is 2.22. The van der Waals surface area contributed by atoms with E-state index in [1.165, 1.54) is 15.3 Å². The Morgan fingerprint density at radius 3 is 2.38 bits per heavy atom. The van der Waals surface area contributed by atoms with Crippen LogP contribution in [0.4, 0.5) is 0 Å². The van der Waals surface area contributed by atoms with E-state index in [0.717, 1.165) is 6.42 Å². The van der Waals surface area contributed by atoms with Crippen molar-refractivity contribution in [3.63, 3.8) is 0 Å². The summed E-state index contributed by atoms with van der Waals surface area (Å²) in [5, 5.41) is 0. The third-order valence-electron chi connectivity index (χ3n) is 2.02. The van der Waals surface area contributed by atoms with E-state index in [2.05, 4.69) is 49.4 Å². The Kier molecular flexibility index (Phi) is 2.46. The lowest BCUT2D eigenvalue weighted by atomic mass is 10.1. The molecule has 0 nitrogen and oxygen atoms in total. The Labute approximate surface area is 82.9 Å². The molecule has 0 N–H and O–H groups in total. The lowest BCUT2D eigenvalue weighted by Gasteiger charge is -1.96. The van der Waals surface area contributed by atoms with Crippen LogP contribution in [0.5, 0.6) is 0 Å². The van der Waals surface area contributed by atoms with Gasteiger partial charge in [-0.05, 0) is 24.6 Å². The van der Waals surface area contributed by atoms with E-state index >= 15 is 0 Å². The van der Waals surface area contributed by atoms with Crippen molar-refractivity contribution in [2.45, 2.75) is 13.3 Å². The fourth-order valence-corrected chi connectivity index (χ4v) is 2.30. The Hall–Kier alpha value is -1.08. The molecule has 0 fully saturated rings. The Bertz CT molecular complexity index is 373. The molecule has 13 heavy (non-hydrogen) atoms. The normalized spacial score (nSPS) is 10.2. The molecule has 0 aliphatic carbocycles. The highest BCUT2D eigenvalue weighted by Gasteiger charge is 1.97. The first-order valence-corrected chi connectivity index (χ1v) is 5.25. The Morgan fingerprint density at radius 1 is 1.00 bits per heavy atom. The van der Waals surface area contributed by atoms with Crippen LogP contribution in [-0.4, -0.2) is 0 Å². The van der Waals surface area contributed by atoms with Gasteiger partial charge in [0.15, 0.2) is 0 Å². The summed E-state index contributed by atoms with van der Waals surface area (Å²) in [7, 11) is 0. The monoisotopic (exact) mass is 188 g/mol. The maximum Gasteiger partial charge on any atom is 0.00918 e. The number of hydrogen-bond donors (Lipinski definition) is 0. The zero-order valence-electron chi connectivity index (χ0n) is 7.66. The largest absolute Gasteiger partial charge is 0.145 e. The van der Waals surface area contributed by atoms with Gasteiger partial charge >= 0.3 is 0 Å². The molecule has 66 valence electrons. The summed E-state index contributed by atoms with van der Waals surface area (Å²) in [4.78, 5) is 2.84. The molecule has 1 aromatic carbocycles. The summed E-state index contributed by atoms with van der Waals surface area (Å²) in [5.41, 5.74) is 1.39. The van der Waals surface area contributed by atoms with Crippen molar-refractivity contribution in [1.82, 2.24) is 0 Å². The first-order valence-electron chi connectivity index (χ1n) is 4.44. The number of benzene rings is 1. The van der Waals surface area contributed by atoms with E-state index in [1.807, 2.05) is 11.3 Å². The van der Waals surface area contributed by atoms with Crippen LogP contribution in [0.1, 0.15) is 15.3 Å². The lowest BCUT2D eigenvalue weighted by molar-refractivity contribution is 1.24. The average Bonchev–Trinajstić information content (AvgIpc) is 2.53. The Balaban J connectivity index is 2.15. The van der Waals surface area contributed by atoms with Gasteiger partial charge in [-0.1, -0.05) is 30.3 Å². The zero-order valence-corrected chi connectivity index (χ0v) is 8.47. The summed E-state index contributed by atoms with van der Waals surface area (Å²) in [6, 6.07) is 15.0. The van der Waals surface area contributed by atoms with Gasteiger partial charge in [-0.2, -0.15) is 0 Å². The van der Waals surface area contributed by atoms with Gasteiger partial charge in [0, 0.05) is 16.2 Å². The summed E-state index contributed by atoms with van der Waals surface area (Å²) in [6.07, 6.45) is 1.07. The number of rotatable bonds is 2. The molecule has 0 saturated carbocycles. The minimum Gasteiger partial charge on any atom is -0.145 e. The molecule has 0 spiro atoms. The molecular weight excluding hydrogens is 176 g/mol. The van der Waals surface area contributed by atoms with Gasteiger partial charge in [0.25, 0.3) is 0 Å². The molecule has 0 amide bonds. The van der Waals surface area contributed by atoms with E-state index in [-0.39, 0.29) is 0 Å². The molecule has 1 heteroatoms. The molecule has 1 aromatic heterocycles. The second-order valence-corrected chi connectivity index (χ2v) is 4.55. The second-order valence-electron chi connectivity index (χ2n) is 3.17. The van der Waals surface area contributed by atoms with Crippen LogP contribution in [0.25, 0.3) is 0 Å². The molecule has 1 heterocycles. The molecule has 2 aromatic rings. The van der Waals surface area contributed by atoms with Gasteiger partial charge < -0.3 is 0 Å². The smallest absolute Gasteiger partial charge is 0.00918 e. The minimum absolute atomic E-state index is 1.07. The highest BCUT2D eigenvalue weighted by atomic mass is 32.1. The van der Waals surface area contributed by atoms with Crippen LogP contribution in [-0.2, 0) is 6.42 Å². The maximum atomic E-state index is 2.22. The first-order chi connectivity index (χ1) is 6.34. The van der Waals surface area contributed by atoms with E-state index < -0.39 is 0 Å². The molecule has 0 saturated heterocycles. The highest BCUT2D eigenvalue weighted by molar-refractivity contribution is 7.11. The lowest BCUT2D eigenvalue weighted by Crippen LogP contribution is -1.81. The Morgan fingerprint density at radius 2 is 1.77 bits per heavy atom. The number of hydrogen-bond acceptors (Lipinski definition) is 1. The quantitative estimate of drug-likeness (QED) is 0.675. The van der Waals surface area contributed by atoms with Gasteiger partial charge in [0.2, 0.25) is 0 Å². The molecule has 2 rings (SSSR count). The van der Waals surface area contributed by atoms with Crippen LogP contribution in [0, 0.1) is 6.92 Å². The van der Waals surface area contributed by atoms with Gasteiger partial charge in [-0.25, -0.2) is 0 Å². The molecule has 0 unspecified atom stereocenters. The summed E-state index contributed by atoms with van der Waals surface area (Å²) in [5.74, 6) is 0. The van der Waals surface area contributed by atoms with Crippen molar-refractivity contribution in [2.75, 3.05) is 0 Å². The van der Waals surface area contributed by atoms with Crippen molar-refractivity contribution in [2.24, 2.45) is 0 Å². The molecule has 0 aliphatic heterocycles. The fraction of sp³-hybridized carbons (Fsp3) is 0.167. The molecular formula is C12H12S. The third kappa shape index (κ3) is 2.19. The minimum atomic E-state index is 1.07. The van der Waals surface area contributed by atoms with Crippen LogP contribution in [0.2, 0.25) is 0 Å². The van der Waals surface area contributed by atoms with E-state index in [4.69, 9.17) is 0 Å². The van der Waals surface area contributed by atoms with E-state index in [0.29, 0.717) is 0 Å². The second kappa shape index (κ2) is 3.75. The number of thiophene rings is 1. The molecule has 0 radical (unpaired) electrons. The third-order valence-corrected chi connectivity index (χ3v) is 3.02. The van der Waals surface area contributed by atoms with E-state index in [1.54, 1.807) is 0 Å². The van der Waals surface area contributed by atoms with Gasteiger partial charge in [0.1, 0.15) is 0 Å². The number of aryl methyl sites for hydroxylation is 1.